The number of carbonyl (C=O) groups is 3. The van der Waals surface area contributed by atoms with Crippen molar-refractivity contribution in [1.82, 2.24) is 0 Å². The van der Waals surface area contributed by atoms with Gasteiger partial charge < -0.3 is 14.2 Å². The van der Waals surface area contributed by atoms with Crippen molar-refractivity contribution in [3.05, 3.63) is 170 Å². The van der Waals surface area contributed by atoms with E-state index in [9.17, 15) is 14.4 Å². The van der Waals surface area contributed by atoms with Gasteiger partial charge in [0.1, 0.15) is 13.2 Å². The number of ether oxygens (including phenoxy) is 3. The third-order valence-corrected chi connectivity index (χ3v) is 10.2. The molecule has 0 aromatic rings. The van der Waals surface area contributed by atoms with Crippen molar-refractivity contribution < 1.29 is 28.6 Å². The van der Waals surface area contributed by atoms with E-state index in [1.165, 1.54) is 12.8 Å². The molecule has 6 nitrogen and oxygen atoms in total. The fourth-order valence-electron chi connectivity index (χ4n) is 6.36. The highest BCUT2D eigenvalue weighted by Gasteiger charge is 2.19. The quantitative estimate of drug-likeness (QED) is 0.0262. The van der Waals surface area contributed by atoms with Gasteiger partial charge in [-0.25, -0.2) is 0 Å². The van der Waals surface area contributed by atoms with Crippen LogP contribution in [0.25, 0.3) is 0 Å². The second-order valence-electron chi connectivity index (χ2n) is 16.7. The zero-order chi connectivity index (χ0) is 50.0. The molecule has 0 aliphatic carbocycles. The van der Waals surface area contributed by atoms with E-state index in [1.54, 1.807) is 6.08 Å². The molecule has 0 amide bonds. The van der Waals surface area contributed by atoms with Gasteiger partial charge in [-0.2, -0.15) is 0 Å². The third kappa shape index (κ3) is 53.6. The van der Waals surface area contributed by atoms with Crippen LogP contribution in [0.1, 0.15) is 188 Å². The first-order valence-electron chi connectivity index (χ1n) is 26.6. The van der Waals surface area contributed by atoms with Gasteiger partial charge in [0.2, 0.25) is 0 Å². The lowest BCUT2D eigenvalue weighted by Crippen LogP contribution is -2.30. The molecule has 0 bridgehead atoms. The molecule has 0 rings (SSSR count). The number of allylic oxidation sites excluding steroid dienone is 27. The summed E-state index contributed by atoms with van der Waals surface area (Å²) >= 11 is 0. The van der Waals surface area contributed by atoms with Crippen molar-refractivity contribution in [3.63, 3.8) is 0 Å². The average molecular weight is 947 g/mol. The number of hydrogen-bond donors (Lipinski definition) is 0. The largest absolute Gasteiger partial charge is 0.462 e. The molecule has 69 heavy (non-hydrogen) atoms. The molecule has 0 aliphatic heterocycles. The number of carbonyl (C=O) groups excluding carboxylic acids is 3. The van der Waals surface area contributed by atoms with Crippen molar-refractivity contribution >= 4 is 17.9 Å². The van der Waals surface area contributed by atoms with Crippen LogP contribution in [0.15, 0.2) is 170 Å². The molecular formula is C63H94O6. The molecule has 6 heteroatoms. The van der Waals surface area contributed by atoms with Crippen LogP contribution >= 0.6 is 0 Å². The van der Waals surface area contributed by atoms with Gasteiger partial charge in [-0.05, 0) is 122 Å². The van der Waals surface area contributed by atoms with Gasteiger partial charge in [0.15, 0.2) is 6.10 Å². The van der Waals surface area contributed by atoms with E-state index in [0.717, 1.165) is 122 Å². The molecule has 0 fully saturated rings. The highest BCUT2D eigenvalue weighted by molar-refractivity contribution is 5.72. The number of rotatable bonds is 45. The number of esters is 3. The molecular weight excluding hydrogens is 853 g/mol. The normalized spacial score (nSPS) is 13.5. The van der Waals surface area contributed by atoms with Crippen LogP contribution in [-0.2, 0) is 28.6 Å². The van der Waals surface area contributed by atoms with E-state index in [4.69, 9.17) is 14.2 Å². The predicted molar refractivity (Wildman–Crippen MR) is 297 cm³/mol. The molecule has 0 saturated heterocycles. The van der Waals surface area contributed by atoms with Crippen LogP contribution < -0.4 is 0 Å². The van der Waals surface area contributed by atoms with Gasteiger partial charge in [-0.3, -0.25) is 14.4 Å². The van der Waals surface area contributed by atoms with Crippen molar-refractivity contribution in [2.45, 2.75) is 194 Å². The summed E-state index contributed by atoms with van der Waals surface area (Å²) in [4.78, 5) is 38.0. The van der Waals surface area contributed by atoms with Gasteiger partial charge >= 0.3 is 17.9 Å². The standard InChI is InChI=1S/C63H94O6/c1-4-7-10-13-16-19-22-25-28-30-31-33-35-38-41-44-47-50-53-56-62(65)68-59-60(58-67-61(64)55-52-49-46-43-40-37-34-27-24-21-18-15-12-9-6-3)69-63(66)57-54-51-48-45-42-39-36-32-29-26-23-20-17-14-11-8-5-2/h7-12,16-21,25-29,31,33-34,36,39-40,43,45,48-49,52,60H,4-6,13-15,22-24,30,32,35,37-38,41-42,44,46-47,50-51,53-59H2,1-3H3/b10-7-,11-8-,12-9-,19-16-,20-17-,21-18-,28-25-,29-26-,33-31-,34-27-,39-36-,43-40-,48-45-,52-49-. The van der Waals surface area contributed by atoms with Crippen LogP contribution in [0, 0.1) is 0 Å². The maximum atomic E-state index is 12.8. The van der Waals surface area contributed by atoms with E-state index in [1.807, 2.05) is 6.08 Å². The van der Waals surface area contributed by atoms with Gasteiger partial charge in [0.25, 0.3) is 0 Å². The second kappa shape index (κ2) is 55.4. The molecule has 0 aromatic heterocycles. The Bertz CT molecular complexity index is 1650. The fourth-order valence-corrected chi connectivity index (χ4v) is 6.36. The van der Waals surface area contributed by atoms with Crippen molar-refractivity contribution in [3.8, 4) is 0 Å². The first-order valence-corrected chi connectivity index (χ1v) is 26.6. The van der Waals surface area contributed by atoms with Crippen molar-refractivity contribution in [2.24, 2.45) is 0 Å². The summed E-state index contributed by atoms with van der Waals surface area (Å²) in [6.07, 6.45) is 82.2. The van der Waals surface area contributed by atoms with Crippen LogP contribution in [-0.4, -0.2) is 37.2 Å². The SMILES string of the molecule is CC/C=C\C/C=C\C/C=C\C/C=C\C/C=C\CCCC(=O)OC(COC(=O)C/C=C\C/C=C\C/C=C\C/C=C\C/C=C\CC)COC(=O)CCCCCCCC/C=C\C/C=C\C/C=C\C/C=C\CC. The predicted octanol–water partition coefficient (Wildman–Crippen LogP) is 18.0. The van der Waals surface area contributed by atoms with Gasteiger partial charge in [0, 0.05) is 12.8 Å². The van der Waals surface area contributed by atoms with Crippen LogP contribution in [0.3, 0.4) is 0 Å². The van der Waals surface area contributed by atoms with Gasteiger partial charge in [0.05, 0.1) is 6.42 Å². The number of unbranched alkanes of at least 4 members (excludes halogenated alkanes) is 7. The van der Waals surface area contributed by atoms with E-state index in [2.05, 4.69) is 179 Å². The summed E-state index contributed by atoms with van der Waals surface area (Å²) < 4.78 is 16.6. The highest BCUT2D eigenvalue weighted by atomic mass is 16.6. The maximum Gasteiger partial charge on any atom is 0.309 e. The summed E-state index contributed by atoms with van der Waals surface area (Å²) in [5.41, 5.74) is 0. The highest BCUT2D eigenvalue weighted by Crippen LogP contribution is 2.11. The number of hydrogen-bond acceptors (Lipinski definition) is 6. The Hall–Kier alpha value is -5.23. The monoisotopic (exact) mass is 947 g/mol. The molecule has 0 aliphatic rings. The lowest BCUT2D eigenvalue weighted by atomic mass is 10.1. The fraction of sp³-hybridized carbons (Fsp3) is 0.508. The zero-order valence-corrected chi connectivity index (χ0v) is 43.5. The summed E-state index contributed by atoms with van der Waals surface area (Å²) in [7, 11) is 0. The minimum atomic E-state index is -0.863. The molecule has 0 heterocycles. The Morgan fingerprint density at radius 1 is 0.304 bits per heavy atom. The lowest BCUT2D eigenvalue weighted by Gasteiger charge is -2.18. The average Bonchev–Trinajstić information content (AvgIpc) is 3.35. The first-order chi connectivity index (χ1) is 34.0. The molecule has 0 radical (unpaired) electrons. The summed E-state index contributed by atoms with van der Waals surface area (Å²) in [6.45, 7) is 6.12. The molecule has 0 spiro atoms. The van der Waals surface area contributed by atoms with E-state index in [-0.39, 0.29) is 32.0 Å². The maximum absolute atomic E-state index is 12.8. The smallest absolute Gasteiger partial charge is 0.309 e. The first kappa shape index (κ1) is 63.8. The van der Waals surface area contributed by atoms with Crippen molar-refractivity contribution in [2.75, 3.05) is 13.2 Å². The zero-order valence-electron chi connectivity index (χ0n) is 43.5. The Morgan fingerprint density at radius 2 is 0.594 bits per heavy atom. The Labute approximate surface area is 422 Å². The molecule has 1 atom stereocenters. The Kier molecular flexibility index (Phi) is 51.2. The minimum Gasteiger partial charge on any atom is -0.462 e. The Balaban J connectivity index is 4.65. The second-order valence-corrected chi connectivity index (χ2v) is 16.7. The van der Waals surface area contributed by atoms with Crippen LogP contribution in [0.2, 0.25) is 0 Å². The van der Waals surface area contributed by atoms with Gasteiger partial charge in [-0.15, -0.1) is 0 Å². The van der Waals surface area contributed by atoms with Crippen LogP contribution in [0.4, 0.5) is 0 Å². The van der Waals surface area contributed by atoms with Crippen LogP contribution in [0.5, 0.6) is 0 Å². The van der Waals surface area contributed by atoms with E-state index < -0.39 is 18.0 Å². The summed E-state index contributed by atoms with van der Waals surface area (Å²) in [5, 5.41) is 0. The minimum absolute atomic E-state index is 0.103. The summed E-state index contributed by atoms with van der Waals surface area (Å²) in [5.74, 6) is -1.17. The molecule has 1 unspecified atom stereocenters. The third-order valence-electron chi connectivity index (χ3n) is 10.2. The van der Waals surface area contributed by atoms with E-state index in [0.29, 0.717) is 19.3 Å². The molecule has 0 aromatic carbocycles. The summed E-state index contributed by atoms with van der Waals surface area (Å²) in [6, 6.07) is 0. The van der Waals surface area contributed by atoms with Gasteiger partial charge in [-0.1, -0.05) is 217 Å². The molecule has 0 N–H and O–H groups in total. The van der Waals surface area contributed by atoms with Crippen molar-refractivity contribution in [1.29, 1.82) is 0 Å². The topological polar surface area (TPSA) is 78.9 Å². The molecule has 382 valence electrons. The van der Waals surface area contributed by atoms with E-state index >= 15 is 0 Å². The lowest BCUT2D eigenvalue weighted by molar-refractivity contribution is -0.166. The Morgan fingerprint density at radius 3 is 0.986 bits per heavy atom. The molecule has 0 saturated carbocycles.